The van der Waals surface area contributed by atoms with Crippen molar-refractivity contribution < 1.29 is 9.13 Å². The van der Waals surface area contributed by atoms with Crippen molar-refractivity contribution in [3.8, 4) is 5.75 Å². The van der Waals surface area contributed by atoms with E-state index in [1.54, 1.807) is 12.1 Å². The molecule has 0 radical (unpaired) electrons. The Morgan fingerprint density at radius 3 is 2.77 bits per heavy atom. The number of likely N-dealkylation sites (tertiary alicyclic amines) is 1. The Kier molecular flexibility index (Phi) is 4.95. The number of likely N-dealkylation sites (N-methyl/N-ethyl adjacent to an activating group) is 1. The molecule has 2 aliphatic rings. The molecule has 0 unspecified atom stereocenters. The first-order valence-electron chi connectivity index (χ1n) is 7.99. The number of benzene rings is 1. The summed E-state index contributed by atoms with van der Waals surface area (Å²) in [6, 6.07) is 5.20. The van der Waals surface area contributed by atoms with Crippen molar-refractivity contribution in [3.05, 3.63) is 36.3 Å². The zero-order valence-electron chi connectivity index (χ0n) is 13.2. The summed E-state index contributed by atoms with van der Waals surface area (Å²) in [5.41, 5.74) is 0.854. The summed E-state index contributed by atoms with van der Waals surface area (Å²) < 4.78 is 19.8. The molecule has 1 saturated heterocycles. The third kappa shape index (κ3) is 3.78. The van der Waals surface area contributed by atoms with Crippen molar-refractivity contribution in [3.63, 3.8) is 0 Å². The number of nitrogens with zero attached hydrogens (tertiary/aromatic N) is 3. The average molecular weight is 305 g/mol. The molecule has 22 heavy (non-hydrogen) atoms. The van der Waals surface area contributed by atoms with Crippen molar-refractivity contribution in [2.75, 3.05) is 51.4 Å². The largest absolute Gasteiger partial charge is 0.489 e. The Balaban J connectivity index is 1.57. The summed E-state index contributed by atoms with van der Waals surface area (Å²) in [4.78, 5) is 6.56. The first-order chi connectivity index (χ1) is 10.7. The van der Waals surface area contributed by atoms with Crippen molar-refractivity contribution in [1.82, 2.24) is 9.80 Å². The molecular formula is C17H24FN3O. The minimum atomic E-state index is -0.291. The number of hydrogen-bond acceptors (Lipinski definition) is 4. The van der Waals surface area contributed by atoms with Crippen LogP contribution < -0.4 is 9.64 Å². The molecule has 0 amide bonds. The SMILES string of the molecule is CN1CC=CN(c2ccc(OCCN3CCCC3)c(F)c2)C1. The van der Waals surface area contributed by atoms with Crippen LogP contribution in [-0.4, -0.2) is 56.3 Å². The van der Waals surface area contributed by atoms with Crippen LogP contribution in [0.2, 0.25) is 0 Å². The molecule has 5 heteroatoms. The molecule has 0 saturated carbocycles. The third-order valence-corrected chi connectivity index (χ3v) is 4.21. The Morgan fingerprint density at radius 1 is 1.23 bits per heavy atom. The van der Waals surface area contributed by atoms with Gasteiger partial charge in [0.1, 0.15) is 6.61 Å². The summed E-state index contributed by atoms with van der Waals surface area (Å²) in [6.45, 7) is 5.39. The van der Waals surface area contributed by atoms with E-state index < -0.39 is 0 Å². The number of ether oxygens (including phenoxy) is 1. The smallest absolute Gasteiger partial charge is 0.167 e. The molecule has 2 heterocycles. The molecule has 1 aromatic carbocycles. The molecule has 0 bridgehead atoms. The number of rotatable bonds is 5. The van der Waals surface area contributed by atoms with E-state index in [0.29, 0.717) is 12.4 Å². The highest BCUT2D eigenvalue weighted by Crippen LogP contribution is 2.25. The maximum Gasteiger partial charge on any atom is 0.167 e. The maximum absolute atomic E-state index is 14.2. The van der Waals surface area contributed by atoms with Gasteiger partial charge in [0.15, 0.2) is 11.6 Å². The molecular weight excluding hydrogens is 281 g/mol. The monoisotopic (exact) mass is 305 g/mol. The van der Waals surface area contributed by atoms with E-state index in [2.05, 4.69) is 15.9 Å². The Labute approximate surface area is 131 Å². The van der Waals surface area contributed by atoms with Crippen LogP contribution in [0.1, 0.15) is 12.8 Å². The van der Waals surface area contributed by atoms with Crippen LogP contribution in [0.25, 0.3) is 0 Å². The van der Waals surface area contributed by atoms with Crippen molar-refractivity contribution in [2.24, 2.45) is 0 Å². The standard InChI is InChI=1S/C17H24FN3O/c1-19-7-4-10-21(14-19)15-5-6-17(16(18)13-15)22-12-11-20-8-2-3-9-20/h4-6,10,13H,2-3,7-9,11-12,14H2,1H3. The third-order valence-electron chi connectivity index (χ3n) is 4.21. The van der Waals surface area contributed by atoms with Crippen molar-refractivity contribution >= 4 is 5.69 Å². The molecule has 120 valence electrons. The number of halogens is 1. The first kappa shape index (κ1) is 15.3. The molecule has 0 aromatic heterocycles. The van der Waals surface area contributed by atoms with Crippen LogP contribution in [0.5, 0.6) is 5.75 Å². The van der Waals surface area contributed by atoms with Crippen LogP contribution >= 0.6 is 0 Å². The van der Waals surface area contributed by atoms with E-state index in [1.807, 2.05) is 24.2 Å². The minimum absolute atomic E-state index is 0.291. The second-order valence-electron chi connectivity index (χ2n) is 6.05. The van der Waals surface area contributed by atoms with Crippen LogP contribution in [0.15, 0.2) is 30.5 Å². The normalized spacial score (nSPS) is 19.8. The van der Waals surface area contributed by atoms with Crippen LogP contribution in [-0.2, 0) is 0 Å². The highest BCUT2D eigenvalue weighted by atomic mass is 19.1. The van der Waals surface area contributed by atoms with Gasteiger partial charge in [-0.2, -0.15) is 0 Å². The van der Waals surface area contributed by atoms with E-state index >= 15 is 0 Å². The summed E-state index contributed by atoms with van der Waals surface area (Å²) in [5, 5.41) is 0. The van der Waals surface area contributed by atoms with Gasteiger partial charge in [0.2, 0.25) is 0 Å². The minimum Gasteiger partial charge on any atom is -0.489 e. The fourth-order valence-corrected chi connectivity index (χ4v) is 2.96. The molecule has 3 rings (SSSR count). The summed E-state index contributed by atoms with van der Waals surface area (Å²) in [6.07, 6.45) is 6.60. The van der Waals surface area contributed by atoms with Crippen LogP contribution in [0.4, 0.5) is 10.1 Å². The van der Waals surface area contributed by atoms with E-state index in [-0.39, 0.29) is 5.82 Å². The summed E-state index contributed by atoms with van der Waals surface area (Å²) in [5.74, 6) is 0.0536. The van der Waals surface area contributed by atoms with Gasteiger partial charge in [-0.1, -0.05) is 6.08 Å². The van der Waals surface area contributed by atoms with E-state index in [4.69, 9.17) is 4.74 Å². The lowest BCUT2D eigenvalue weighted by atomic mass is 10.2. The lowest BCUT2D eigenvalue weighted by Gasteiger charge is -2.30. The predicted molar refractivity (Wildman–Crippen MR) is 86.7 cm³/mol. The predicted octanol–water partition coefficient (Wildman–Crippen LogP) is 2.52. The molecule has 1 fully saturated rings. The zero-order valence-corrected chi connectivity index (χ0v) is 13.2. The van der Waals surface area contributed by atoms with Gasteiger partial charge in [-0.25, -0.2) is 4.39 Å². The molecule has 4 nitrogen and oxygen atoms in total. The van der Waals surface area contributed by atoms with Crippen LogP contribution in [0, 0.1) is 5.82 Å². The zero-order chi connectivity index (χ0) is 15.4. The molecule has 0 N–H and O–H groups in total. The fourth-order valence-electron chi connectivity index (χ4n) is 2.96. The van der Waals surface area contributed by atoms with Crippen molar-refractivity contribution in [2.45, 2.75) is 12.8 Å². The van der Waals surface area contributed by atoms with E-state index in [1.165, 1.54) is 12.8 Å². The molecule has 0 atom stereocenters. The molecule has 2 aliphatic heterocycles. The molecule has 0 aliphatic carbocycles. The first-order valence-corrected chi connectivity index (χ1v) is 7.99. The summed E-state index contributed by atoms with van der Waals surface area (Å²) >= 11 is 0. The topological polar surface area (TPSA) is 19.0 Å². The van der Waals surface area contributed by atoms with E-state index in [9.17, 15) is 4.39 Å². The van der Waals surface area contributed by atoms with Crippen LogP contribution in [0.3, 0.4) is 0 Å². The van der Waals surface area contributed by atoms with Gasteiger partial charge in [-0.15, -0.1) is 0 Å². The van der Waals surface area contributed by atoms with E-state index in [0.717, 1.165) is 38.5 Å². The van der Waals surface area contributed by atoms with Gasteiger partial charge in [0.25, 0.3) is 0 Å². The fraction of sp³-hybridized carbons (Fsp3) is 0.529. The maximum atomic E-state index is 14.2. The second kappa shape index (κ2) is 7.11. The Bertz CT molecular complexity index is 529. The lowest BCUT2D eigenvalue weighted by Crippen LogP contribution is -2.35. The van der Waals surface area contributed by atoms with Gasteiger partial charge >= 0.3 is 0 Å². The highest BCUT2D eigenvalue weighted by molar-refractivity contribution is 5.52. The quantitative estimate of drug-likeness (QED) is 0.832. The molecule has 0 spiro atoms. The molecule has 1 aromatic rings. The number of anilines is 1. The average Bonchev–Trinajstić information content (AvgIpc) is 3.02. The van der Waals surface area contributed by atoms with Gasteiger partial charge in [0.05, 0.1) is 6.67 Å². The van der Waals surface area contributed by atoms with Crippen molar-refractivity contribution in [1.29, 1.82) is 0 Å². The van der Waals surface area contributed by atoms with Gasteiger partial charge in [-0.3, -0.25) is 9.80 Å². The van der Waals surface area contributed by atoms with Gasteiger partial charge < -0.3 is 9.64 Å². The lowest BCUT2D eigenvalue weighted by molar-refractivity contribution is 0.231. The number of hydrogen-bond donors (Lipinski definition) is 0. The Hall–Kier alpha value is -1.59. The Morgan fingerprint density at radius 2 is 2.05 bits per heavy atom. The second-order valence-corrected chi connectivity index (χ2v) is 6.05. The van der Waals surface area contributed by atoms with Gasteiger partial charge in [0, 0.05) is 31.0 Å². The highest BCUT2D eigenvalue weighted by Gasteiger charge is 2.14. The van der Waals surface area contributed by atoms with Gasteiger partial charge in [-0.05, 0) is 45.1 Å². The summed E-state index contributed by atoms with van der Waals surface area (Å²) in [7, 11) is 2.04.